The van der Waals surface area contributed by atoms with E-state index in [4.69, 9.17) is 21.3 Å². The van der Waals surface area contributed by atoms with Crippen molar-refractivity contribution in [3.63, 3.8) is 0 Å². The minimum absolute atomic E-state index is 0.358. The second-order valence-corrected chi connectivity index (χ2v) is 7.76. The molecule has 25 heavy (non-hydrogen) atoms. The van der Waals surface area contributed by atoms with Gasteiger partial charge in [0.1, 0.15) is 0 Å². The Morgan fingerprint density at radius 2 is 2.12 bits per heavy atom. The van der Waals surface area contributed by atoms with E-state index in [0.29, 0.717) is 11.3 Å². The van der Waals surface area contributed by atoms with Gasteiger partial charge < -0.3 is 15.0 Å². The Hall–Kier alpha value is -1.26. The van der Waals surface area contributed by atoms with E-state index in [1.54, 1.807) is 0 Å². The first-order valence-corrected chi connectivity index (χ1v) is 9.90. The summed E-state index contributed by atoms with van der Waals surface area (Å²) in [5.41, 5.74) is 1.67. The maximum atomic E-state index is 6.02. The molecule has 2 fully saturated rings. The largest absolute Gasteiger partial charge is 0.381 e. The van der Waals surface area contributed by atoms with Gasteiger partial charge in [0, 0.05) is 49.1 Å². The van der Waals surface area contributed by atoms with E-state index in [2.05, 4.69) is 36.2 Å². The minimum Gasteiger partial charge on any atom is -0.381 e. The number of hydrogen-bond donors (Lipinski definition) is 1. The number of ether oxygens (including phenoxy) is 1. The topological polar surface area (TPSA) is 36.9 Å². The fraction of sp³-hybridized carbons (Fsp3) is 0.650. The molecule has 0 amide bonds. The molecular formula is C20H30ClN3O. The summed E-state index contributed by atoms with van der Waals surface area (Å²) in [6.45, 7) is 10.0. The minimum atomic E-state index is 0.358. The van der Waals surface area contributed by atoms with Crippen molar-refractivity contribution in [1.82, 2.24) is 10.2 Å². The summed E-state index contributed by atoms with van der Waals surface area (Å²) < 4.78 is 5.66. The fourth-order valence-electron chi connectivity index (χ4n) is 3.91. The van der Waals surface area contributed by atoms with E-state index >= 15 is 0 Å². The number of hydrogen-bond acceptors (Lipinski definition) is 2. The highest BCUT2D eigenvalue weighted by Crippen LogP contribution is 2.38. The smallest absolute Gasteiger partial charge is 0.193 e. The molecule has 2 atom stereocenters. The number of benzene rings is 1. The first kappa shape index (κ1) is 18.5. The molecule has 0 aliphatic carbocycles. The summed E-state index contributed by atoms with van der Waals surface area (Å²) in [7, 11) is 0. The van der Waals surface area contributed by atoms with Gasteiger partial charge in [0.25, 0.3) is 0 Å². The summed E-state index contributed by atoms with van der Waals surface area (Å²) in [5.74, 6) is 1.48. The standard InChI is InChI=1S/C20H30ClN3O/c1-3-16(17-5-7-18(21)8-6-17)13-23-19(22-4-2)24-11-9-20(14-24)10-12-25-15-20/h5-8,16H,3-4,9-15H2,1-2H3,(H,22,23). The zero-order valence-corrected chi connectivity index (χ0v) is 16.2. The molecule has 3 rings (SSSR count). The molecule has 0 radical (unpaired) electrons. The maximum absolute atomic E-state index is 6.02. The third-order valence-corrected chi connectivity index (χ3v) is 5.81. The van der Waals surface area contributed by atoms with Crippen LogP contribution in [0, 0.1) is 5.41 Å². The second kappa shape index (κ2) is 8.41. The van der Waals surface area contributed by atoms with Crippen molar-refractivity contribution in [2.75, 3.05) is 39.4 Å². The molecule has 2 aliphatic heterocycles. The zero-order chi connectivity index (χ0) is 17.7. The molecule has 0 saturated carbocycles. The molecule has 2 unspecified atom stereocenters. The number of aliphatic imine (C=N–C) groups is 1. The molecule has 1 spiro atoms. The number of rotatable bonds is 5. The zero-order valence-electron chi connectivity index (χ0n) is 15.4. The quantitative estimate of drug-likeness (QED) is 0.636. The maximum Gasteiger partial charge on any atom is 0.193 e. The predicted octanol–water partition coefficient (Wildman–Crippen LogP) is 3.91. The first-order chi connectivity index (χ1) is 12.2. The summed E-state index contributed by atoms with van der Waals surface area (Å²) in [6, 6.07) is 8.19. The molecule has 0 aromatic heterocycles. The first-order valence-electron chi connectivity index (χ1n) is 9.52. The van der Waals surface area contributed by atoms with Crippen molar-refractivity contribution < 1.29 is 4.74 Å². The highest BCUT2D eigenvalue weighted by Gasteiger charge is 2.42. The summed E-state index contributed by atoms with van der Waals surface area (Å²) in [6.07, 6.45) is 3.47. The van der Waals surface area contributed by atoms with Crippen molar-refractivity contribution in [3.8, 4) is 0 Å². The fourth-order valence-corrected chi connectivity index (χ4v) is 4.04. The lowest BCUT2D eigenvalue weighted by molar-refractivity contribution is 0.156. The van der Waals surface area contributed by atoms with Crippen molar-refractivity contribution in [2.24, 2.45) is 10.4 Å². The highest BCUT2D eigenvalue weighted by atomic mass is 35.5. The Balaban J connectivity index is 1.68. The van der Waals surface area contributed by atoms with E-state index in [1.165, 1.54) is 18.4 Å². The van der Waals surface area contributed by atoms with Crippen LogP contribution in [0.25, 0.3) is 0 Å². The molecular weight excluding hydrogens is 334 g/mol. The number of guanidine groups is 1. The van der Waals surface area contributed by atoms with E-state index in [0.717, 1.165) is 56.8 Å². The van der Waals surface area contributed by atoms with Gasteiger partial charge in [0.2, 0.25) is 0 Å². The molecule has 2 heterocycles. The molecule has 5 heteroatoms. The number of nitrogens with one attached hydrogen (secondary N) is 1. The van der Waals surface area contributed by atoms with Crippen molar-refractivity contribution in [2.45, 2.75) is 39.0 Å². The molecule has 2 saturated heterocycles. The monoisotopic (exact) mass is 363 g/mol. The van der Waals surface area contributed by atoms with Crippen LogP contribution in [0.4, 0.5) is 0 Å². The van der Waals surface area contributed by atoms with Gasteiger partial charge in [-0.05, 0) is 43.9 Å². The van der Waals surface area contributed by atoms with Gasteiger partial charge in [-0.1, -0.05) is 30.7 Å². The van der Waals surface area contributed by atoms with Gasteiger partial charge in [0.15, 0.2) is 5.96 Å². The Bertz CT molecular complexity index is 581. The molecule has 1 aromatic carbocycles. The summed E-state index contributed by atoms with van der Waals surface area (Å²) >= 11 is 6.02. The van der Waals surface area contributed by atoms with Gasteiger partial charge in [-0.15, -0.1) is 0 Å². The summed E-state index contributed by atoms with van der Waals surface area (Å²) in [4.78, 5) is 7.40. The van der Waals surface area contributed by atoms with E-state index < -0.39 is 0 Å². The summed E-state index contributed by atoms with van der Waals surface area (Å²) in [5, 5.41) is 4.27. The normalized spacial score (nSPS) is 24.9. The van der Waals surface area contributed by atoms with Crippen LogP contribution in [-0.4, -0.2) is 50.3 Å². The second-order valence-electron chi connectivity index (χ2n) is 7.33. The predicted molar refractivity (Wildman–Crippen MR) is 105 cm³/mol. The highest BCUT2D eigenvalue weighted by molar-refractivity contribution is 6.30. The number of likely N-dealkylation sites (tertiary alicyclic amines) is 1. The Kier molecular flexibility index (Phi) is 6.24. The Morgan fingerprint density at radius 3 is 2.76 bits per heavy atom. The van der Waals surface area contributed by atoms with Crippen LogP contribution >= 0.6 is 11.6 Å². The Labute approximate surface area is 156 Å². The van der Waals surface area contributed by atoms with Crippen LogP contribution in [0.2, 0.25) is 5.02 Å². The third kappa shape index (κ3) is 4.48. The lowest BCUT2D eigenvalue weighted by Gasteiger charge is -2.25. The van der Waals surface area contributed by atoms with Gasteiger partial charge >= 0.3 is 0 Å². The van der Waals surface area contributed by atoms with Crippen LogP contribution in [0.3, 0.4) is 0 Å². The molecule has 1 aromatic rings. The van der Waals surface area contributed by atoms with Crippen molar-refractivity contribution in [3.05, 3.63) is 34.9 Å². The van der Waals surface area contributed by atoms with Gasteiger partial charge in [-0.3, -0.25) is 4.99 Å². The van der Waals surface area contributed by atoms with Crippen molar-refractivity contribution >= 4 is 17.6 Å². The van der Waals surface area contributed by atoms with Crippen LogP contribution < -0.4 is 5.32 Å². The lowest BCUT2D eigenvalue weighted by atomic mass is 9.87. The molecule has 2 aliphatic rings. The van der Waals surface area contributed by atoms with Crippen molar-refractivity contribution in [1.29, 1.82) is 0 Å². The molecule has 4 nitrogen and oxygen atoms in total. The molecule has 0 bridgehead atoms. The van der Waals surface area contributed by atoms with Crippen LogP contribution in [0.1, 0.15) is 44.6 Å². The van der Waals surface area contributed by atoms with E-state index in [9.17, 15) is 0 Å². The van der Waals surface area contributed by atoms with Crippen LogP contribution in [0.5, 0.6) is 0 Å². The van der Waals surface area contributed by atoms with E-state index in [1.807, 2.05) is 12.1 Å². The molecule has 138 valence electrons. The average molecular weight is 364 g/mol. The number of nitrogens with zero attached hydrogens (tertiary/aromatic N) is 2. The van der Waals surface area contributed by atoms with Crippen LogP contribution in [0.15, 0.2) is 29.3 Å². The SMILES string of the molecule is CCNC(=NCC(CC)c1ccc(Cl)cc1)N1CCC2(CCOC2)C1. The average Bonchev–Trinajstić information content (AvgIpc) is 3.26. The van der Waals surface area contributed by atoms with Gasteiger partial charge in [-0.25, -0.2) is 0 Å². The van der Waals surface area contributed by atoms with E-state index in [-0.39, 0.29) is 0 Å². The Morgan fingerprint density at radius 1 is 1.32 bits per heavy atom. The number of halogens is 1. The van der Waals surface area contributed by atoms with Gasteiger partial charge in [0.05, 0.1) is 6.61 Å². The molecule has 1 N–H and O–H groups in total. The third-order valence-electron chi connectivity index (χ3n) is 5.55. The van der Waals surface area contributed by atoms with Gasteiger partial charge in [-0.2, -0.15) is 0 Å². The van der Waals surface area contributed by atoms with Crippen LogP contribution in [-0.2, 0) is 4.74 Å². The lowest BCUT2D eigenvalue weighted by Crippen LogP contribution is -2.41.